The first-order valence-corrected chi connectivity index (χ1v) is 8.00. The highest BCUT2D eigenvalue weighted by Gasteiger charge is 2.19. The molecule has 1 fully saturated rings. The van der Waals surface area contributed by atoms with Crippen molar-refractivity contribution in [3.63, 3.8) is 0 Å². The topological polar surface area (TPSA) is 26.3 Å². The van der Waals surface area contributed by atoms with E-state index in [0.717, 1.165) is 43.3 Å². The van der Waals surface area contributed by atoms with Crippen LogP contribution in [0.15, 0.2) is 0 Å². The Hall–Kier alpha value is -0.0200. The molecule has 3 heteroatoms. The van der Waals surface area contributed by atoms with Crippen LogP contribution in [-0.4, -0.2) is 34.3 Å². The van der Waals surface area contributed by atoms with Crippen molar-refractivity contribution in [3.8, 4) is 0 Å². The number of rotatable bonds is 5. The van der Waals surface area contributed by atoms with Crippen molar-refractivity contribution in [1.29, 1.82) is 0 Å². The predicted octanol–water partition coefficient (Wildman–Crippen LogP) is 2.32. The third-order valence-electron chi connectivity index (χ3n) is 3.00. The van der Waals surface area contributed by atoms with Gasteiger partial charge in [0.2, 0.25) is 0 Å². The van der Waals surface area contributed by atoms with E-state index in [4.69, 9.17) is 4.74 Å². The van der Waals surface area contributed by atoms with E-state index in [2.05, 4.69) is 19.7 Å². The molecule has 0 amide bonds. The Balaban J connectivity index is 2.09. The summed E-state index contributed by atoms with van der Waals surface area (Å²) in [5, 5.41) is 0. The van der Waals surface area contributed by atoms with Crippen molar-refractivity contribution in [3.05, 3.63) is 0 Å². The molecule has 0 radical (unpaired) electrons. The first kappa shape index (κ1) is 13.0. The van der Waals surface area contributed by atoms with Crippen molar-refractivity contribution < 1.29 is 8.95 Å². The predicted molar refractivity (Wildman–Crippen MR) is 68.0 cm³/mol. The minimum absolute atomic E-state index is 0.343. The number of hydrogen-bond acceptors (Lipinski definition) is 2. The first-order valence-electron chi connectivity index (χ1n) is 5.94. The van der Waals surface area contributed by atoms with Gasteiger partial charge >= 0.3 is 0 Å². The van der Waals surface area contributed by atoms with Crippen LogP contribution in [-0.2, 0) is 14.3 Å². The zero-order valence-electron chi connectivity index (χ0n) is 10.0. The molecule has 0 N–H and O–H groups in total. The van der Waals surface area contributed by atoms with Gasteiger partial charge in [-0.1, -0.05) is 0 Å². The molecule has 1 aliphatic heterocycles. The van der Waals surface area contributed by atoms with Crippen LogP contribution in [0.25, 0.3) is 0 Å². The Labute approximate surface area is 94.4 Å². The highest BCUT2D eigenvalue weighted by atomic mass is 32.2. The molecule has 1 rings (SSSR count). The van der Waals surface area contributed by atoms with E-state index >= 15 is 0 Å². The Morgan fingerprint density at radius 1 is 1.40 bits per heavy atom. The molecule has 1 heterocycles. The smallest absolute Gasteiger partial charge is 0.0518 e. The number of hydrogen-bond donors (Lipinski definition) is 0. The highest BCUT2D eigenvalue weighted by molar-refractivity contribution is 8.00. The standard InChI is InChI=1S/C12H24O2S/c1-11(2)14-8-4-5-12-6-9-15(3,13)10-7-12/h11-12H,3-10H2,1-2H3. The fraction of sp³-hybridized carbons (Fsp3) is 0.917. The van der Waals surface area contributed by atoms with E-state index in [1.54, 1.807) is 0 Å². The lowest BCUT2D eigenvalue weighted by Crippen LogP contribution is -2.23. The maximum atomic E-state index is 11.6. The molecule has 1 aliphatic rings. The molecular formula is C12H24O2S. The Bertz CT molecular complexity index is 253. The van der Waals surface area contributed by atoms with Crippen LogP contribution in [0.2, 0.25) is 0 Å². The van der Waals surface area contributed by atoms with Crippen molar-refractivity contribution >= 4 is 15.4 Å². The number of ether oxygens (including phenoxy) is 1. The second kappa shape index (κ2) is 5.90. The first-order chi connectivity index (χ1) is 6.99. The molecule has 0 aromatic rings. The summed E-state index contributed by atoms with van der Waals surface area (Å²) in [6.45, 7) is 5.00. The summed E-state index contributed by atoms with van der Waals surface area (Å²) in [5.41, 5.74) is 0. The summed E-state index contributed by atoms with van der Waals surface area (Å²) in [4.78, 5) is 0. The molecular weight excluding hydrogens is 208 g/mol. The van der Waals surface area contributed by atoms with Crippen LogP contribution >= 0.6 is 0 Å². The molecule has 0 aromatic heterocycles. The zero-order valence-corrected chi connectivity index (χ0v) is 10.9. The van der Waals surface area contributed by atoms with Crippen LogP contribution < -0.4 is 0 Å². The lowest BCUT2D eigenvalue weighted by Gasteiger charge is -2.24. The monoisotopic (exact) mass is 232 g/mol. The van der Waals surface area contributed by atoms with Gasteiger partial charge in [-0.2, -0.15) is 0 Å². The molecule has 15 heavy (non-hydrogen) atoms. The lowest BCUT2D eigenvalue weighted by atomic mass is 9.97. The molecule has 0 atom stereocenters. The summed E-state index contributed by atoms with van der Waals surface area (Å²) in [5.74, 6) is 6.22. The molecule has 0 aliphatic carbocycles. The SMILES string of the molecule is C=S1(=O)CCC(CCCOC(C)C)CC1. The van der Waals surface area contributed by atoms with Gasteiger partial charge in [-0.3, -0.25) is 4.21 Å². The maximum absolute atomic E-state index is 11.6. The Morgan fingerprint density at radius 3 is 2.53 bits per heavy atom. The Morgan fingerprint density at radius 2 is 2.00 bits per heavy atom. The Kier molecular flexibility index (Phi) is 5.13. The van der Waals surface area contributed by atoms with Crippen molar-refractivity contribution in [2.24, 2.45) is 5.92 Å². The fourth-order valence-corrected chi connectivity index (χ4v) is 3.72. The zero-order chi connectivity index (χ0) is 11.3. The lowest BCUT2D eigenvalue weighted by molar-refractivity contribution is 0.0733. The van der Waals surface area contributed by atoms with Crippen LogP contribution in [0, 0.1) is 5.92 Å². The normalized spacial score (nSPS) is 32.1. The molecule has 90 valence electrons. The van der Waals surface area contributed by atoms with Gasteiger partial charge in [0, 0.05) is 18.1 Å². The molecule has 0 bridgehead atoms. The molecule has 0 spiro atoms. The van der Waals surface area contributed by atoms with Crippen molar-refractivity contribution in [2.45, 2.75) is 45.6 Å². The van der Waals surface area contributed by atoms with Crippen LogP contribution in [0.4, 0.5) is 0 Å². The second-order valence-corrected chi connectivity index (χ2v) is 7.63. The van der Waals surface area contributed by atoms with Crippen LogP contribution in [0.5, 0.6) is 0 Å². The summed E-state index contributed by atoms with van der Waals surface area (Å²) in [7, 11) is -1.69. The highest BCUT2D eigenvalue weighted by Crippen LogP contribution is 2.23. The molecule has 0 aromatic carbocycles. The summed E-state index contributed by atoms with van der Waals surface area (Å²) >= 11 is 0. The minimum atomic E-state index is -1.69. The van der Waals surface area contributed by atoms with Crippen LogP contribution in [0.1, 0.15) is 39.5 Å². The van der Waals surface area contributed by atoms with E-state index in [1.165, 1.54) is 6.42 Å². The summed E-state index contributed by atoms with van der Waals surface area (Å²) in [6.07, 6.45) is 4.91. The van der Waals surface area contributed by atoms with Gasteiger partial charge < -0.3 is 4.74 Å². The average molecular weight is 232 g/mol. The minimum Gasteiger partial charge on any atom is -0.379 e. The molecule has 0 saturated carbocycles. The van der Waals surface area contributed by atoms with Gasteiger partial charge in [-0.25, -0.2) is 0 Å². The summed E-state index contributed by atoms with van der Waals surface area (Å²) < 4.78 is 17.1. The maximum Gasteiger partial charge on any atom is 0.0518 e. The summed E-state index contributed by atoms with van der Waals surface area (Å²) in [6, 6.07) is 0. The third kappa shape index (κ3) is 5.57. The van der Waals surface area contributed by atoms with Gasteiger partial charge in [0.05, 0.1) is 6.10 Å². The molecule has 0 unspecified atom stereocenters. The van der Waals surface area contributed by atoms with Crippen molar-refractivity contribution in [2.75, 3.05) is 18.1 Å². The van der Waals surface area contributed by atoms with Crippen molar-refractivity contribution in [1.82, 2.24) is 0 Å². The third-order valence-corrected chi connectivity index (χ3v) is 4.96. The largest absolute Gasteiger partial charge is 0.379 e. The molecule has 1 saturated heterocycles. The molecule has 2 nitrogen and oxygen atoms in total. The quantitative estimate of drug-likeness (QED) is 0.537. The van der Waals surface area contributed by atoms with Gasteiger partial charge in [-0.05, 0) is 60.8 Å². The van der Waals surface area contributed by atoms with E-state index < -0.39 is 9.52 Å². The van der Waals surface area contributed by atoms with E-state index in [0.29, 0.717) is 6.10 Å². The van der Waals surface area contributed by atoms with E-state index in [1.807, 2.05) is 0 Å². The average Bonchev–Trinajstić information content (AvgIpc) is 2.14. The van der Waals surface area contributed by atoms with Gasteiger partial charge in [-0.15, -0.1) is 0 Å². The van der Waals surface area contributed by atoms with Crippen LogP contribution in [0.3, 0.4) is 0 Å². The van der Waals surface area contributed by atoms with E-state index in [-0.39, 0.29) is 0 Å². The van der Waals surface area contributed by atoms with Gasteiger partial charge in [0.1, 0.15) is 0 Å². The second-order valence-electron chi connectivity index (χ2n) is 4.88. The van der Waals surface area contributed by atoms with E-state index in [9.17, 15) is 4.21 Å². The fourth-order valence-electron chi connectivity index (χ4n) is 1.99. The van der Waals surface area contributed by atoms with Gasteiger partial charge in [0.15, 0.2) is 0 Å². The van der Waals surface area contributed by atoms with Gasteiger partial charge in [0.25, 0.3) is 0 Å².